The van der Waals surface area contributed by atoms with Crippen molar-refractivity contribution in [2.75, 3.05) is 0 Å². The average Bonchev–Trinajstić information content (AvgIpc) is 2.49. The van der Waals surface area contributed by atoms with Gasteiger partial charge >= 0.3 is 0 Å². The Labute approximate surface area is 79.2 Å². The molecule has 3 atom stereocenters. The van der Waals surface area contributed by atoms with Crippen LogP contribution in [0.25, 0.3) is 0 Å². The monoisotopic (exact) mass is 176 g/mol. The molecule has 1 aliphatic carbocycles. The van der Waals surface area contributed by atoms with E-state index < -0.39 is 0 Å². The second-order valence-electron chi connectivity index (χ2n) is 3.99. The minimum Gasteiger partial charge on any atom is -0.327 e. The van der Waals surface area contributed by atoms with E-state index in [-0.39, 0.29) is 0 Å². The molecule has 0 bridgehead atoms. The number of pyridine rings is 1. The lowest BCUT2D eigenvalue weighted by molar-refractivity contribution is 0.478. The molecule has 70 valence electrons. The first-order valence-corrected chi connectivity index (χ1v) is 4.94. The lowest BCUT2D eigenvalue weighted by atomic mass is 9.90. The Morgan fingerprint density at radius 2 is 2.31 bits per heavy atom. The number of aromatic nitrogens is 1. The Bertz CT molecular complexity index is 271. The summed E-state index contributed by atoms with van der Waals surface area (Å²) in [4.78, 5) is 4.15. The summed E-state index contributed by atoms with van der Waals surface area (Å²) in [5.41, 5.74) is 7.34. The molecule has 1 aromatic heterocycles. The van der Waals surface area contributed by atoms with E-state index in [1.807, 2.05) is 18.5 Å². The fourth-order valence-corrected chi connectivity index (χ4v) is 2.26. The first-order valence-electron chi connectivity index (χ1n) is 4.94. The third-order valence-electron chi connectivity index (χ3n) is 3.23. The van der Waals surface area contributed by atoms with Crippen molar-refractivity contribution in [1.82, 2.24) is 4.98 Å². The molecule has 0 amide bonds. The molecular weight excluding hydrogens is 160 g/mol. The van der Waals surface area contributed by atoms with Gasteiger partial charge in [-0.25, -0.2) is 0 Å². The van der Waals surface area contributed by atoms with Crippen molar-refractivity contribution in [3.63, 3.8) is 0 Å². The van der Waals surface area contributed by atoms with Gasteiger partial charge in [-0.1, -0.05) is 13.0 Å². The van der Waals surface area contributed by atoms with Gasteiger partial charge in [0.2, 0.25) is 0 Å². The summed E-state index contributed by atoms with van der Waals surface area (Å²) in [5.74, 6) is 1.23. The predicted molar refractivity (Wildman–Crippen MR) is 53.4 cm³/mol. The zero-order chi connectivity index (χ0) is 9.26. The average molecular weight is 176 g/mol. The van der Waals surface area contributed by atoms with Crippen molar-refractivity contribution in [2.45, 2.75) is 31.7 Å². The van der Waals surface area contributed by atoms with Crippen molar-refractivity contribution in [3.8, 4) is 0 Å². The van der Waals surface area contributed by atoms with Gasteiger partial charge in [0.1, 0.15) is 0 Å². The highest BCUT2D eigenvalue weighted by atomic mass is 14.7. The largest absolute Gasteiger partial charge is 0.327 e. The molecule has 1 aliphatic rings. The van der Waals surface area contributed by atoms with E-state index in [0.29, 0.717) is 17.9 Å². The normalized spacial score (nSPS) is 33.5. The van der Waals surface area contributed by atoms with E-state index in [2.05, 4.69) is 18.0 Å². The molecule has 2 heteroatoms. The third kappa shape index (κ3) is 1.59. The summed E-state index contributed by atoms with van der Waals surface area (Å²) in [6.07, 6.45) is 6.16. The molecule has 0 saturated heterocycles. The van der Waals surface area contributed by atoms with E-state index in [1.165, 1.54) is 12.0 Å². The van der Waals surface area contributed by atoms with Gasteiger partial charge in [0, 0.05) is 18.4 Å². The van der Waals surface area contributed by atoms with Crippen LogP contribution in [0.2, 0.25) is 0 Å². The molecule has 1 heterocycles. The maximum atomic E-state index is 5.99. The van der Waals surface area contributed by atoms with Crippen LogP contribution in [0.1, 0.15) is 31.2 Å². The summed E-state index contributed by atoms with van der Waals surface area (Å²) in [5, 5.41) is 0. The maximum Gasteiger partial charge on any atom is 0.0302 e. The SMILES string of the molecule is CC1C(N)CCC1c1cccnc1. The van der Waals surface area contributed by atoms with Crippen LogP contribution in [0, 0.1) is 5.92 Å². The Balaban J connectivity index is 2.19. The molecule has 0 radical (unpaired) electrons. The number of hydrogen-bond donors (Lipinski definition) is 1. The van der Waals surface area contributed by atoms with E-state index in [9.17, 15) is 0 Å². The highest BCUT2D eigenvalue weighted by Gasteiger charge is 2.31. The highest BCUT2D eigenvalue weighted by Crippen LogP contribution is 2.37. The fourth-order valence-electron chi connectivity index (χ4n) is 2.26. The van der Waals surface area contributed by atoms with E-state index >= 15 is 0 Å². The van der Waals surface area contributed by atoms with Gasteiger partial charge in [-0.2, -0.15) is 0 Å². The van der Waals surface area contributed by atoms with Crippen molar-refractivity contribution >= 4 is 0 Å². The van der Waals surface area contributed by atoms with E-state index in [1.54, 1.807) is 0 Å². The maximum absolute atomic E-state index is 5.99. The van der Waals surface area contributed by atoms with Gasteiger partial charge in [-0.05, 0) is 36.3 Å². The number of nitrogens with zero attached hydrogens (tertiary/aromatic N) is 1. The van der Waals surface area contributed by atoms with Crippen LogP contribution in [0.15, 0.2) is 24.5 Å². The Morgan fingerprint density at radius 3 is 2.85 bits per heavy atom. The van der Waals surface area contributed by atoms with Crippen LogP contribution in [-0.4, -0.2) is 11.0 Å². The minimum atomic E-state index is 0.380. The first-order chi connectivity index (χ1) is 6.29. The molecule has 2 N–H and O–H groups in total. The topological polar surface area (TPSA) is 38.9 Å². The van der Waals surface area contributed by atoms with Crippen molar-refractivity contribution < 1.29 is 0 Å². The summed E-state index contributed by atoms with van der Waals surface area (Å²) < 4.78 is 0. The van der Waals surface area contributed by atoms with Crippen LogP contribution in [-0.2, 0) is 0 Å². The van der Waals surface area contributed by atoms with Gasteiger partial charge in [-0.3, -0.25) is 4.98 Å². The van der Waals surface area contributed by atoms with E-state index in [0.717, 1.165) is 6.42 Å². The first kappa shape index (κ1) is 8.70. The zero-order valence-electron chi connectivity index (χ0n) is 7.98. The molecule has 2 rings (SSSR count). The number of rotatable bonds is 1. The van der Waals surface area contributed by atoms with Crippen LogP contribution in [0.4, 0.5) is 0 Å². The molecular formula is C11H16N2. The highest BCUT2D eigenvalue weighted by molar-refractivity contribution is 5.18. The predicted octanol–water partition coefficient (Wildman–Crippen LogP) is 1.92. The second kappa shape index (κ2) is 3.46. The van der Waals surface area contributed by atoms with Gasteiger partial charge in [0.05, 0.1) is 0 Å². The molecule has 13 heavy (non-hydrogen) atoms. The number of hydrogen-bond acceptors (Lipinski definition) is 2. The molecule has 1 saturated carbocycles. The molecule has 0 aliphatic heterocycles. The summed E-state index contributed by atoms with van der Waals surface area (Å²) >= 11 is 0. The minimum absolute atomic E-state index is 0.380. The Morgan fingerprint density at radius 1 is 1.46 bits per heavy atom. The summed E-state index contributed by atoms with van der Waals surface area (Å²) in [6.45, 7) is 2.25. The van der Waals surface area contributed by atoms with Crippen molar-refractivity contribution in [2.24, 2.45) is 11.7 Å². The summed E-state index contributed by atoms with van der Waals surface area (Å²) in [7, 11) is 0. The van der Waals surface area contributed by atoms with Crippen molar-refractivity contribution in [1.29, 1.82) is 0 Å². The Hall–Kier alpha value is -0.890. The molecule has 1 fully saturated rings. The third-order valence-corrected chi connectivity index (χ3v) is 3.23. The molecule has 0 aromatic carbocycles. The van der Waals surface area contributed by atoms with Crippen LogP contribution < -0.4 is 5.73 Å². The molecule has 3 unspecified atom stereocenters. The molecule has 1 aromatic rings. The van der Waals surface area contributed by atoms with Gasteiger partial charge in [-0.15, -0.1) is 0 Å². The Kier molecular flexibility index (Phi) is 2.32. The summed E-state index contributed by atoms with van der Waals surface area (Å²) in [6, 6.07) is 4.54. The van der Waals surface area contributed by atoms with E-state index in [4.69, 9.17) is 5.73 Å². The second-order valence-corrected chi connectivity index (χ2v) is 3.99. The molecule has 2 nitrogen and oxygen atoms in total. The zero-order valence-corrected chi connectivity index (χ0v) is 7.98. The van der Waals surface area contributed by atoms with Gasteiger partial charge < -0.3 is 5.73 Å². The van der Waals surface area contributed by atoms with Gasteiger partial charge in [0.25, 0.3) is 0 Å². The van der Waals surface area contributed by atoms with Crippen LogP contribution >= 0.6 is 0 Å². The quantitative estimate of drug-likeness (QED) is 0.710. The standard InChI is InChI=1S/C11H16N2/c1-8-10(4-5-11(8)12)9-3-2-6-13-7-9/h2-3,6-8,10-11H,4-5,12H2,1H3. The van der Waals surface area contributed by atoms with Gasteiger partial charge in [0.15, 0.2) is 0 Å². The van der Waals surface area contributed by atoms with Crippen LogP contribution in [0.3, 0.4) is 0 Å². The fraction of sp³-hybridized carbons (Fsp3) is 0.545. The lowest BCUT2D eigenvalue weighted by Gasteiger charge is -2.17. The molecule has 0 spiro atoms. The number of nitrogens with two attached hydrogens (primary N) is 1. The lowest BCUT2D eigenvalue weighted by Crippen LogP contribution is -2.24. The smallest absolute Gasteiger partial charge is 0.0302 e. The van der Waals surface area contributed by atoms with Crippen molar-refractivity contribution in [3.05, 3.63) is 30.1 Å². The van der Waals surface area contributed by atoms with Crippen LogP contribution in [0.5, 0.6) is 0 Å².